The van der Waals surface area contributed by atoms with E-state index in [2.05, 4.69) is 15.8 Å². The highest BCUT2D eigenvalue weighted by molar-refractivity contribution is 6.02. The van der Waals surface area contributed by atoms with Gasteiger partial charge < -0.3 is 10.4 Å². The fourth-order valence-electron chi connectivity index (χ4n) is 2.67. The number of amides is 2. The van der Waals surface area contributed by atoms with Crippen molar-refractivity contribution in [1.82, 2.24) is 10.7 Å². The summed E-state index contributed by atoms with van der Waals surface area (Å²) in [5.41, 5.74) is 2.76. The molecule has 3 N–H and O–H groups in total. The van der Waals surface area contributed by atoms with Crippen molar-refractivity contribution in [3.8, 4) is 5.75 Å². The molecular formula is C21H18FN3O3. The number of aromatic hydroxyl groups is 1. The molecule has 0 aromatic heterocycles. The first kappa shape index (κ1) is 19.0. The van der Waals surface area contributed by atoms with Crippen molar-refractivity contribution in [2.24, 2.45) is 5.10 Å². The van der Waals surface area contributed by atoms with Crippen molar-refractivity contribution < 1.29 is 19.1 Å². The molecule has 0 atom stereocenters. The molecule has 0 saturated carbocycles. The Bertz CT molecular complexity index is 1050. The summed E-state index contributed by atoms with van der Waals surface area (Å²) in [6, 6.07) is 16.4. The number of nitrogens with zero attached hydrogens (tertiary/aromatic N) is 1. The molecule has 0 heterocycles. The average Bonchev–Trinajstić information content (AvgIpc) is 2.70. The lowest BCUT2D eigenvalue weighted by molar-refractivity contribution is -0.120. The van der Waals surface area contributed by atoms with Crippen LogP contribution >= 0.6 is 0 Å². The molecule has 0 fully saturated rings. The molecule has 0 unspecified atom stereocenters. The van der Waals surface area contributed by atoms with Crippen molar-refractivity contribution in [1.29, 1.82) is 0 Å². The lowest BCUT2D eigenvalue weighted by Crippen LogP contribution is -2.29. The molecule has 0 radical (unpaired) electrons. The first-order chi connectivity index (χ1) is 13.6. The number of nitrogens with one attached hydrogen (secondary N) is 2. The van der Waals surface area contributed by atoms with Crippen LogP contribution in [0.4, 0.5) is 4.39 Å². The molecule has 0 aliphatic rings. The molecule has 28 heavy (non-hydrogen) atoms. The molecule has 6 nitrogen and oxygen atoms in total. The highest BCUT2D eigenvalue weighted by atomic mass is 19.1. The van der Waals surface area contributed by atoms with Crippen molar-refractivity contribution in [2.45, 2.75) is 6.42 Å². The Balaban J connectivity index is 1.53. The molecule has 3 aromatic rings. The van der Waals surface area contributed by atoms with Crippen LogP contribution in [0.2, 0.25) is 0 Å². The summed E-state index contributed by atoms with van der Waals surface area (Å²) in [5, 5.41) is 18.1. The standard InChI is InChI=1S/C21H18FN3O3/c22-18-8-4-3-7-16(18)21(28)23-12-11-20(27)25-24-13-17-15-6-2-1-5-14(15)9-10-19(17)26/h1-10,13,26H,11-12H2,(H,23,28)(H,25,27). The Labute approximate surface area is 160 Å². The van der Waals surface area contributed by atoms with E-state index in [0.29, 0.717) is 5.56 Å². The van der Waals surface area contributed by atoms with Crippen LogP contribution in [0, 0.1) is 5.82 Å². The number of carbonyl (C=O) groups is 2. The maximum atomic E-state index is 13.5. The quantitative estimate of drug-likeness (QED) is 0.454. The minimum absolute atomic E-state index is 0.0287. The molecule has 7 heteroatoms. The number of hydrogen-bond acceptors (Lipinski definition) is 4. The predicted octanol–water partition coefficient (Wildman–Crippen LogP) is 2.95. The van der Waals surface area contributed by atoms with E-state index < -0.39 is 17.6 Å². The maximum absolute atomic E-state index is 13.5. The average molecular weight is 379 g/mol. The third kappa shape index (κ3) is 4.50. The Morgan fingerprint density at radius 1 is 1.04 bits per heavy atom. The summed E-state index contributed by atoms with van der Waals surface area (Å²) in [6.45, 7) is 0.0358. The van der Waals surface area contributed by atoms with Gasteiger partial charge in [0.1, 0.15) is 11.6 Å². The van der Waals surface area contributed by atoms with E-state index in [1.165, 1.54) is 24.4 Å². The number of hydrazone groups is 1. The molecule has 0 bridgehead atoms. The van der Waals surface area contributed by atoms with Gasteiger partial charge in [-0.1, -0.05) is 42.5 Å². The van der Waals surface area contributed by atoms with Crippen LogP contribution in [0.15, 0.2) is 65.8 Å². The number of fused-ring (bicyclic) bond motifs is 1. The van der Waals surface area contributed by atoms with E-state index >= 15 is 0 Å². The second-order valence-electron chi connectivity index (χ2n) is 6.00. The SMILES string of the molecule is O=C(CCNC(=O)c1ccccc1F)NN=Cc1c(O)ccc2ccccc12. The van der Waals surface area contributed by atoms with Crippen LogP contribution < -0.4 is 10.7 Å². The summed E-state index contributed by atoms with van der Waals surface area (Å²) >= 11 is 0. The second kappa shape index (κ2) is 8.77. The van der Waals surface area contributed by atoms with Crippen LogP contribution in [0.25, 0.3) is 10.8 Å². The predicted molar refractivity (Wildman–Crippen MR) is 105 cm³/mol. The number of halogens is 1. The highest BCUT2D eigenvalue weighted by Crippen LogP contribution is 2.25. The Morgan fingerprint density at radius 3 is 2.61 bits per heavy atom. The topological polar surface area (TPSA) is 90.8 Å². The van der Waals surface area contributed by atoms with Crippen LogP contribution in [-0.4, -0.2) is 29.7 Å². The lowest BCUT2D eigenvalue weighted by atomic mass is 10.0. The fourth-order valence-corrected chi connectivity index (χ4v) is 2.67. The monoisotopic (exact) mass is 379 g/mol. The molecular weight excluding hydrogens is 361 g/mol. The van der Waals surface area contributed by atoms with Crippen molar-refractivity contribution in [2.75, 3.05) is 6.54 Å². The molecule has 142 valence electrons. The molecule has 3 aromatic carbocycles. The van der Waals surface area contributed by atoms with Gasteiger partial charge in [-0.05, 0) is 29.0 Å². The van der Waals surface area contributed by atoms with Gasteiger partial charge in [0, 0.05) is 18.5 Å². The van der Waals surface area contributed by atoms with Gasteiger partial charge in [0.2, 0.25) is 5.91 Å². The van der Waals surface area contributed by atoms with Gasteiger partial charge in [-0.25, -0.2) is 9.82 Å². The number of rotatable bonds is 6. The summed E-state index contributed by atoms with van der Waals surface area (Å²) in [7, 11) is 0. The van der Waals surface area contributed by atoms with E-state index in [9.17, 15) is 19.1 Å². The number of hydrogen-bond donors (Lipinski definition) is 3. The van der Waals surface area contributed by atoms with Crippen molar-refractivity contribution in [3.05, 3.63) is 77.6 Å². The Kier molecular flexibility index (Phi) is 5.96. The summed E-state index contributed by atoms with van der Waals surface area (Å²) < 4.78 is 13.5. The van der Waals surface area contributed by atoms with E-state index in [-0.39, 0.29) is 24.3 Å². The van der Waals surface area contributed by atoms with Crippen molar-refractivity contribution in [3.63, 3.8) is 0 Å². The van der Waals surface area contributed by atoms with Crippen LogP contribution in [0.3, 0.4) is 0 Å². The zero-order valence-electron chi connectivity index (χ0n) is 14.9. The first-order valence-electron chi connectivity index (χ1n) is 8.61. The van der Waals surface area contributed by atoms with Gasteiger partial charge in [0.15, 0.2) is 0 Å². The number of phenols is 1. The van der Waals surface area contributed by atoms with E-state index in [1.54, 1.807) is 18.2 Å². The number of benzene rings is 3. The minimum atomic E-state index is -0.621. The van der Waals surface area contributed by atoms with Gasteiger partial charge in [-0.2, -0.15) is 5.10 Å². The van der Waals surface area contributed by atoms with E-state index in [0.717, 1.165) is 10.8 Å². The van der Waals surface area contributed by atoms with E-state index in [1.807, 2.05) is 24.3 Å². The Hall–Kier alpha value is -3.74. The van der Waals surface area contributed by atoms with Gasteiger partial charge >= 0.3 is 0 Å². The van der Waals surface area contributed by atoms with Crippen LogP contribution in [0.5, 0.6) is 5.75 Å². The second-order valence-corrected chi connectivity index (χ2v) is 6.00. The van der Waals surface area contributed by atoms with Gasteiger partial charge in [0.05, 0.1) is 11.8 Å². The molecule has 0 saturated heterocycles. The minimum Gasteiger partial charge on any atom is -0.507 e. The summed E-state index contributed by atoms with van der Waals surface area (Å²) in [6.07, 6.45) is 1.34. The van der Waals surface area contributed by atoms with Crippen molar-refractivity contribution >= 4 is 28.8 Å². The molecule has 2 amide bonds. The third-order valence-electron chi connectivity index (χ3n) is 4.09. The zero-order valence-corrected chi connectivity index (χ0v) is 14.9. The smallest absolute Gasteiger partial charge is 0.254 e. The first-order valence-corrected chi connectivity index (χ1v) is 8.61. The van der Waals surface area contributed by atoms with Gasteiger partial charge in [0.25, 0.3) is 5.91 Å². The summed E-state index contributed by atoms with van der Waals surface area (Å²) in [5.74, 6) is -1.59. The van der Waals surface area contributed by atoms with E-state index in [4.69, 9.17) is 0 Å². The zero-order chi connectivity index (χ0) is 19.9. The third-order valence-corrected chi connectivity index (χ3v) is 4.09. The molecule has 0 aliphatic heterocycles. The number of carbonyl (C=O) groups excluding carboxylic acids is 2. The summed E-state index contributed by atoms with van der Waals surface area (Å²) in [4.78, 5) is 23.7. The molecule has 0 aliphatic carbocycles. The molecule has 0 spiro atoms. The molecule has 3 rings (SSSR count). The van der Waals surface area contributed by atoms with Crippen LogP contribution in [-0.2, 0) is 4.79 Å². The normalized spacial score (nSPS) is 10.9. The highest BCUT2D eigenvalue weighted by Gasteiger charge is 2.10. The van der Waals surface area contributed by atoms with Gasteiger partial charge in [-0.3, -0.25) is 9.59 Å². The van der Waals surface area contributed by atoms with Gasteiger partial charge in [-0.15, -0.1) is 0 Å². The maximum Gasteiger partial charge on any atom is 0.254 e. The number of phenolic OH excluding ortho intramolecular Hbond substituents is 1. The largest absolute Gasteiger partial charge is 0.507 e. The lowest BCUT2D eigenvalue weighted by Gasteiger charge is -2.06. The Morgan fingerprint density at radius 2 is 1.79 bits per heavy atom. The fraction of sp³-hybridized carbons (Fsp3) is 0.0952. The van der Waals surface area contributed by atoms with Crippen LogP contribution in [0.1, 0.15) is 22.3 Å².